The van der Waals surface area contributed by atoms with Crippen LogP contribution in [0.1, 0.15) is 38.7 Å². The molecular weight excluding hydrogens is 388 g/mol. The second kappa shape index (κ2) is 9.19. The van der Waals surface area contributed by atoms with Gasteiger partial charge in [0, 0.05) is 44.7 Å². The summed E-state index contributed by atoms with van der Waals surface area (Å²) in [7, 11) is 1.74. The minimum absolute atomic E-state index is 0.0350. The number of carboxylic acid groups (broad SMARTS) is 1. The molecule has 11 heteroatoms. The van der Waals surface area contributed by atoms with Gasteiger partial charge in [0.25, 0.3) is 5.92 Å². The Bertz CT molecular complexity index is 752. The standard InChI is InChI=1S/C18H27F2N5O4/c1-11(2)6-13(15(26)21-8-12-9-22-24(3)10-12)23-16(27)14-7-18(19,20)4-5-25(14)17(28)29/h9-11,13-14H,4-8H2,1-3H3,(H,21,26)(H,23,27)(H,28,29). The van der Waals surface area contributed by atoms with E-state index in [9.17, 15) is 28.3 Å². The predicted molar refractivity (Wildman–Crippen MR) is 99.1 cm³/mol. The molecule has 2 heterocycles. The average Bonchev–Trinajstić information content (AvgIpc) is 3.02. The van der Waals surface area contributed by atoms with Crippen molar-refractivity contribution in [2.24, 2.45) is 13.0 Å². The van der Waals surface area contributed by atoms with Crippen molar-refractivity contribution in [1.82, 2.24) is 25.3 Å². The molecule has 0 aliphatic carbocycles. The molecule has 29 heavy (non-hydrogen) atoms. The van der Waals surface area contributed by atoms with Gasteiger partial charge in [-0.3, -0.25) is 19.2 Å². The molecule has 0 aromatic carbocycles. The van der Waals surface area contributed by atoms with Gasteiger partial charge in [0.05, 0.1) is 6.20 Å². The third-order valence-corrected chi connectivity index (χ3v) is 4.70. The van der Waals surface area contributed by atoms with E-state index in [1.54, 1.807) is 24.1 Å². The lowest BCUT2D eigenvalue weighted by Gasteiger charge is -2.37. The van der Waals surface area contributed by atoms with Gasteiger partial charge in [-0.1, -0.05) is 13.8 Å². The Labute approximate surface area is 167 Å². The number of aromatic nitrogens is 2. The fourth-order valence-electron chi connectivity index (χ4n) is 3.24. The highest BCUT2D eigenvalue weighted by atomic mass is 19.3. The summed E-state index contributed by atoms with van der Waals surface area (Å²) in [6.07, 6.45) is 0.611. The van der Waals surface area contributed by atoms with E-state index < -0.39 is 55.3 Å². The van der Waals surface area contributed by atoms with Crippen LogP contribution in [0.2, 0.25) is 0 Å². The lowest BCUT2D eigenvalue weighted by molar-refractivity contribution is -0.138. The third kappa shape index (κ3) is 6.40. The molecule has 0 radical (unpaired) electrons. The summed E-state index contributed by atoms with van der Waals surface area (Å²) in [5.74, 6) is -4.47. The molecule has 3 amide bonds. The lowest BCUT2D eigenvalue weighted by Crippen LogP contribution is -2.59. The van der Waals surface area contributed by atoms with Crippen LogP contribution < -0.4 is 10.6 Å². The molecule has 0 bridgehead atoms. The van der Waals surface area contributed by atoms with Crippen molar-refractivity contribution >= 4 is 17.9 Å². The third-order valence-electron chi connectivity index (χ3n) is 4.70. The summed E-state index contributed by atoms with van der Waals surface area (Å²) in [6.45, 7) is 3.46. The molecule has 2 unspecified atom stereocenters. The van der Waals surface area contributed by atoms with Crippen LogP contribution in [-0.2, 0) is 23.2 Å². The number of amides is 3. The van der Waals surface area contributed by atoms with E-state index in [1.165, 1.54) is 0 Å². The number of nitrogens with zero attached hydrogens (tertiary/aromatic N) is 3. The van der Waals surface area contributed by atoms with Gasteiger partial charge in [-0.05, 0) is 12.3 Å². The van der Waals surface area contributed by atoms with Gasteiger partial charge in [-0.2, -0.15) is 5.10 Å². The zero-order chi connectivity index (χ0) is 21.8. The largest absolute Gasteiger partial charge is 0.465 e. The summed E-state index contributed by atoms with van der Waals surface area (Å²) in [5.41, 5.74) is 0.763. The van der Waals surface area contributed by atoms with Crippen LogP contribution >= 0.6 is 0 Å². The highest BCUT2D eigenvalue weighted by Gasteiger charge is 2.45. The molecule has 3 N–H and O–H groups in total. The van der Waals surface area contributed by atoms with Crippen molar-refractivity contribution in [2.45, 2.75) is 57.7 Å². The Hall–Kier alpha value is -2.72. The van der Waals surface area contributed by atoms with Crippen LogP contribution in [0.25, 0.3) is 0 Å². The number of piperidine rings is 1. The number of hydrogen-bond donors (Lipinski definition) is 3. The molecule has 1 aliphatic rings. The first-order chi connectivity index (χ1) is 13.5. The predicted octanol–water partition coefficient (Wildman–Crippen LogP) is 1.34. The lowest BCUT2D eigenvalue weighted by atomic mass is 9.97. The Morgan fingerprint density at radius 1 is 1.38 bits per heavy atom. The van der Waals surface area contributed by atoms with Crippen molar-refractivity contribution in [1.29, 1.82) is 0 Å². The quantitative estimate of drug-likeness (QED) is 0.622. The second-order valence-corrected chi connectivity index (χ2v) is 7.73. The zero-order valence-corrected chi connectivity index (χ0v) is 16.7. The van der Waals surface area contributed by atoms with Crippen molar-refractivity contribution in [3.63, 3.8) is 0 Å². The fraction of sp³-hybridized carbons (Fsp3) is 0.667. The van der Waals surface area contributed by atoms with Gasteiger partial charge in [0.1, 0.15) is 12.1 Å². The second-order valence-electron chi connectivity index (χ2n) is 7.73. The summed E-state index contributed by atoms with van der Waals surface area (Å²) >= 11 is 0. The van der Waals surface area contributed by atoms with E-state index in [0.29, 0.717) is 4.90 Å². The number of carbonyl (C=O) groups is 3. The molecule has 2 atom stereocenters. The van der Waals surface area contributed by atoms with Gasteiger partial charge >= 0.3 is 6.09 Å². The first-order valence-electron chi connectivity index (χ1n) is 9.41. The summed E-state index contributed by atoms with van der Waals surface area (Å²) in [4.78, 5) is 37.3. The molecule has 0 spiro atoms. The normalized spacial score (nSPS) is 19.7. The van der Waals surface area contributed by atoms with Gasteiger partial charge in [0.2, 0.25) is 11.8 Å². The topological polar surface area (TPSA) is 117 Å². The molecule has 9 nitrogen and oxygen atoms in total. The van der Waals surface area contributed by atoms with E-state index in [0.717, 1.165) is 5.56 Å². The number of hydrogen-bond acceptors (Lipinski definition) is 4. The smallest absolute Gasteiger partial charge is 0.407 e. The molecule has 0 saturated carbocycles. The SMILES string of the molecule is CC(C)CC(NC(=O)C1CC(F)(F)CCN1C(=O)O)C(=O)NCc1cnn(C)c1. The van der Waals surface area contributed by atoms with Crippen molar-refractivity contribution < 1.29 is 28.3 Å². The Morgan fingerprint density at radius 2 is 2.07 bits per heavy atom. The maximum atomic E-state index is 13.8. The van der Waals surface area contributed by atoms with Crippen LogP contribution in [0, 0.1) is 5.92 Å². The summed E-state index contributed by atoms with van der Waals surface area (Å²) in [6, 6.07) is -2.51. The molecular formula is C18H27F2N5O4. The number of alkyl halides is 2. The molecule has 1 aromatic rings. The number of halogens is 2. The van der Waals surface area contributed by atoms with Crippen molar-refractivity contribution in [2.75, 3.05) is 6.54 Å². The number of aryl methyl sites for hydroxylation is 1. The van der Waals surface area contributed by atoms with Gasteiger partial charge in [-0.25, -0.2) is 13.6 Å². The van der Waals surface area contributed by atoms with E-state index in [2.05, 4.69) is 15.7 Å². The summed E-state index contributed by atoms with van der Waals surface area (Å²) in [5, 5.41) is 18.4. The van der Waals surface area contributed by atoms with Crippen molar-refractivity contribution in [3.05, 3.63) is 18.0 Å². The number of nitrogens with one attached hydrogen (secondary N) is 2. The van der Waals surface area contributed by atoms with Crippen LogP contribution in [0.5, 0.6) is 0 Å². The first-order valence-corrected chi connectivity index (χ1v) is 9.41. The monoisotopic (exact) mass is 415 g/mol. The molecule has 1 saturated heterocycles. The molecule has 2 rings (SSSR count). The zero-order valence-electron chi connectivity index (χ0n) is 16.7. The molecule has 162 valence electrons. The Kier molecular flexibility index (Phi) is 7.15. The van der Waals surface area contributed by atoms with E-state index >= 15 is 0 Å². The minimum atomic E-state index is -3.13. The molecule has 1 aliphatic heterocycles. The van der Waals surface area contributed by atoms with Crippen molar-refractivity contribution in [3.8, 4) is 0 Å². The van der Waals surface area contributed by atoms with Crippen LogP contribution in [0.4, 0.5) is 13.6 Å². The van der Waals surface area contributed by atoms with Crippen LogP contribution in [0.15, 0.2) is 12.4 Å². The fourth-order valence-corrected chi connectivity index (χ4v) is 3.24. The molecule has 1 fully saturated rings. The molecule has 1 aromatic heterocycles. The van der Waals surface area contributed by atoms with Crippen LogP contribution in [-0.4, -0.2) is 62.2 Å². The Balaban J connectivity index is 2.07. The number of rotatable bonds is 7. The number of carbonyl (C=O) groups excluding carboxylic acids is 2. The van der Waals surface area contributed by atoms with Crippen LogP contribution in [0.3, 0.4) is 0 Å². The first kappa shape index (κ1) is 22.6. The van der Waals surface area contributed by atoms with E-state index in [-0.39, 0.29) is 18.9 Å². The highest BCUT2D eigenvalue weighted by molar-refractivity contribution is 5.91. The average molecular weight is 415 g/mol. The minimum Gasteiger partial charge on any atom is -0.465 e. The highest BCUT2D eigenvalue weighted by Crippen LogP contribution is 2.32. The maximum Gasteiger partial charge on any atom is 0.407 e. The van der Waals surface area contributed by atoms with Gasteiger partial charge in [0.15, 0.2) is 0 Å². The van der Waals surface area contributed by atoms with Gasteiger partial charge in [-0.15, -0.1) is 0 Å². The van der Waals surface area contributed by atoms with E-state index in [4.69, 9.17) is 0 Å². The van der Waals surface area contributed by atoms with E-state index in [1.807, 2.05) is 13.8 Å². The van der Waals surface area contributed by atoms with Gasteiger partial charge < -0.3 is 15.7 Å². The maximum absolute atomic E-state index is 13.8. The summed E-state index contributed by atoms with van der Waals surface area (Å²) < 4.78 is 29.1. The Morgan fingerprint density at radius 3 is 2.62 bits per heavy atom. The number of likely N-dealkylation sites (tertiary alicyclic amines) is 1.